The van der Waals surface area contributed by atoms with Crippen LogP contribution in [0.5, 0.6) is 0 Å². The summed E-state index contributed by atoms with van der Waals surface area (Å²) in [4.78, 5) is 27.8. The number of hydrogen-bond acceptors (Lipinski definition) is 5. The van der Waals surface area contributed by atoms with Gasteiger partial charge in [-0.1, -0.05) is 24.3 Å². The first-order chi connectivity index (χ1) is 15.0. The number of benzene rings is 2. The fraction of sp³-hybridized carbons (Fsp3) is 0.348. The van der Waals surface area contributed by atoms with Crippen LogP contribution in [0.3, 0.4) is 0 Å². The number of carbonyl (C=O) groups excluding carboxylic acids is 1. The Balaban J connectivity index is 1.33. The maximum atomic E-state index is 12.5. The molecule has 0 atom stereocenters. The summed E-state index contributed by atoms with van der Waals surface area (Å²) in [5.41, 5.74) is 3.18. The number of nitrogens with one attached hydrogen (secondary N) is 1. The first-order valence-electron chi connectivity index (χ1n) is 10.5. The highest BCUT2D eigenvalue weighted by Crippen LogP contribution is 2.21. The number of fused-ring (bicyclic) bond motifs is 1. The van der Waals surface area contributed by atoms with Crippen LogP contribution in [0.1, 0.15) is 11.1 Å². The van der Waals surface area contributed by atoms with Crippen LogP contribution in [0.2, 0.25) is 0 Å². The monoisotopic (exact) mass is 421 g/mol. The number of nitro groups is 1. The lowest BCUT2D eigenvalue weighted by atomic mass is 10.1. The van der Waals surface area contributed by atoms with Gasteiger partial charge in [0.05, 0.1) is 4.92 Å². The molecule has 1 amide bonds. The molecular formula is C23H27N5O3. The average molecular weight is 422 g/mol. The van der Waals surface area contributed by atoms with Crippen LogP contribution >= 0.6 is 0 Å². The van der Waals surface area contributed by atoms with E-state index in [0.29, 0.717) is 6.54 Å². The van der Waals surface area contributed by atoms with Gasteiger partial charge in [0.25, 0.3) is 5.69 Å². The van der Waals surface area contributed by atoms with E-state index in [0.717, 1.165) is 49.2 Å². The van der Waals surface area contributed by atoms with Crippen LogP contribution < -0.4 is 5.32 Å². The van der Waals surface area contributed by atoms with Gasteiger partial charge in [-0.3, -0.25) is 19.8 Å². The molecule has 1 fully saturated rings. The smallest absolute Gasteiger partial charge is 0.270 e. The molecule has 1 aliphatic rings. The van der Waals surface area contributed by atoms with Crippen molar-refractivity contribution in [1.82, 2.24) is 19.7 Å². The van der Waals surface area contributed by atoms with Gasteiger partial charge in [0.1, 0.15) is 6.54 Å². The minimum absolute atomic E-state index is 0.0474. The molecule has 0 unspecified atom stereocenters. The predicted molar refractivity (Wildman–Crippen MR) is 120 cm³/mol. The first kappa shape index (κ1) is 21.0. The Labute approximate surface area is 181 Å². The summed E-state index contributed by atoms with van der Waals surface area (Å²) in [6.45, 7) is 5.91. The quantitative estimate of drug-likeness (QED) is 0.468. The summed E-state index contributed by atoms with van der Waals surface area (Å²) in [5.74, 6) is -0.0969. The number of piperazine rings is 1. The van der Waals surface area contributed by atoms with E-state index in [1.165, 1.54) is 17.7 Å². The number of hydrogen-bond donors (Lipinski definition) is 1. The maximum Gasteiger partial charge on any atom is 0.270 e. The Morgan fingerprint density at radius 2 is 1.84 bits per heavy atom. The van der Waals surface area contributed by atoms with Gasteiger partial charge in [0.2, 0.25) is 5.91 Å². The van der Waals surface area contributed by atoms with E-state index in [1.807, 2.05) is 12.1 Å². The number of amides is 1. The van der Waals surface area contributed by atoms with E-state index < -0.39 is 4.92 Å². The van der Waals surface area contributed by atoms with Crippen LogP contribution in [0.25, 0.3) is 10.9 Å². The topological polar surface area (TPSA) is 83.6 Å². The van der Waals surface area contributed by atoms with Crippen molar-refractivity contribution in [1.29, 1.82) is 0 Å². The second kappa shape index (κ2) is 9.28. The highest BCUT2D eigenvalue weighted by atomic mass is 16.6. The number of nitro benzene ring substituents is 1. The first-order valence-corrected chi connectivity index (χ1v) is 10.5. The summed E-state index contributed by atoms with van der Waals surface area (Å²) in [6, 6.07) is 14.8. The Kier molecular flexibility index (Phi) is 6.29. The van der Waals surface area contributed by atoms with E-state index in [2.05, 4.69) is 34.3 Å². The van der Waals surface area contributed by atoms with Gasteiger partial charge >= 0.3 is 0 Å². The zero-order valence-corrected chi connectivity index (χ0v) is 17.7. The van der Waals surface area contributed by atoms with Crippen molar-refractivity contribution in [3.05, 3.63) is 76.0 Å². The van der Waals surface area contributed by atoms with Crippen molar-refractivity contribution in [2.75, 3.05) is 33.2 Å². The number of rotatable bonds is 7. The lowest BCUT2D eigenvalue weighted by Gasteiger charge is -2.32. The Morgan fingerprint density at radius 3 is 2.61 bits per heavy atom. The predicted octanol–water partition coefficient (Wildman–Crippen LogP) is 2.61. The molecule has 1 aliphatic heterocycles. The molecule has 2 aromatic carbocycles. The average Bonchev–Trinajstić information content (AvgIpc) is 3.16. The number of nitrogens with zero attached hydrogens (tertiary/aromatic N) is 4. The van der Waals surface area contributed by atoms with E-state index in [4.69, 9.17) is 0 Å². The highest BCUT2D eigenvalue weighted by Gasteiger charge is 2.14. The fourth-order valence-corrected chi connectivity index (χ4v) is 3.95. The molecule has 0 radical (unpaired) electrons. The van der Waals surface area contributed by atoms with E-state index in [1.54, 1.807) is 22.9 Å². The molecule has 0 bridgehead atoms. The summed E-state index contributed by atoms with van der Waals surface area (Å²) in [5, 5.41) is 14.7. The summed E-state index contributed by atoms with van der Waals surface area (Å²) in [6.07, 6.45) is 1.78. The van der Waals surface area contributed by atoms with Gasteiger partial charge in [-0.15, -0.1) is 0 Å². The normalized spacial score (nSPS) is 15.3. The largest absolute Gasteiger partial charge is 0.350 e. The molecule has 1 aromatic heterocycles. The third-order valence-corrected chi connectivity index (χ3v) is 5.76. The molecule has 0 saturated carbocycles. The van der Waals surface area contributed by atoms with Crippen molar-refractivity contribution >= 4 is 22.5 Å². The minimum Gasteiger partial charge on any atom is -0.350 e. The molecule has 1 saturated heterocycles. The van der Waals surface area contributed by atoms with Gasteiger partial charge in [0.15, 0.2) is 0 Å². The van der Waals surface area contributed by atoms with Crippen molar-refractivity contribution < 1.29 is 9.72 Å². The lowest BCUT2D eigenvalue weighted by molar-refractivity contribution is -0.384. The number of aromatic nitrogens is 1. The third kappa shape index (κ3) is 5.28. The van der Waals surface area contributed by atoms with Crippen LogP contribution in [0, 0.1) is 10.1 Å². The van der Waals surface area contributed by atoms with Gasteiger partial charge in [-0.25, -0.2) is 0 Å². The van der Waals surface area contributed by atoms with Crippen molar-refractivity contribution in [3.63, 3.8) is 0 Å². The maximum absolute atomic E-state index is 12.5. The minimum atomic E-state index is -0.415. The van der Waals surface area contributed by atoms with Crippen molar-refractivity contribution in [3.8, 4) is 0 Å². The van der Waals surface area contributed by atoms with Crippen LogP contribution in [-0.2, 0) is 24.4 Å². The Hall–Kier alpha value is -3.23. The molecule has 31 heavy (non-hydrogen) atoms. The zero-order valence-electron chi connectivity index (χ0n) is 17.7. The van der Waals surface area contributed by atoms with E-state index in [-0.39, 0.29) is 18.1 Å². The number of likely N-dealkylation sites (N-methyl/N-ethyl adjacent to an activating group) is 1. The lowest BCUT2D eigenvalue weighted by Crippen LogP contribution is -2.43. The van der Waals surface area contributed by atoms with Crippen LogP contribution in [0.15, 0.2) is 54.7 Å². The van der Waals surface area contributed by atoms with Gasteiger partial charge < -0.3 is 14.8 Å². The van der Waals surface area contributed by atoms with Crippen molar-refractivity contribution in [2.24, 2.45) is 0 Å². The van der Waals surface area contributed by atoms with Crippen LogP contribution in [-0.4, -0.2) is 58.4 Å². The number of non-ortho nitro benzene ring substituents is 1. The summed E-state index contributed by atoms with van der Waals surface area (Å²) in [7, 11) is 2.15. The molecule has 162 valence electrons. The highest BCUT2D eigenvalue weighted by molar-refractivity contribution is 5.85. The molecular weight excluding hydrogens is 394 g/mol. The fourth-order valence-electron chi connectivity index (χ4n) is 3.95. The second-order valence-electron chi connectivity index (χ2n) is 8.12. The summed E-state index contributed by atoms with van der Waals surface area (Å²) >= 11 is 0. The molecule has 4 rings (SSSR count). The number of carbonyl (C=O) groups is 1. The Morgan fingerprint density at radius 1 is 1.06 bits per heavy atom. The van der Waals surface area contributed by atoms with Gasteiger partial charge in [0, 0.05) is 68.5 Å². The molecule has 1 N–H and O–H groups in total. The second-order valence-corrected chi connectivity index (χ2v) is 8.12. The molecule has 3 aromatic rings. The molecule has 0 aliphatic carbocycles. The molecule has 8 heteroatoms. The van der Waals surface area contributed by atoms with Gasteiger partial charge in [-0.05, 0) is 30.3 Å². The zero-order chi connectivity index (χ0) is 21.8. The van der Waals surface area contributed by atoms with Crippen molar-refractivity contribution in [2.45, 2.75) is 19.6 Å². The van der Waals surface area contributed by atoms with Crippen LogP contribution in [0.4, 0.5) is 5.69 Å². The van der Waals surface area contributed by atoms with Gasteiger partial charge in [-0.2, -0.15) is 0 Å². The summed E-state index contributed by atoms with van der Waals surface area (Å²) < 4.78 is 1.80. The third-order valence-electron chi connectivity index (χ3n) is 5.76. The molecule has 0 spiro atoms. The standard InChI is InChI=1S/C23H27N5O3/c1-25-9-11-26(12-10-25)16-19-4-2-3-18(13-19)15-24-23(29)17-27-8-7-20-14-21(28(30)31)5-6-22(20)27/h2-8,13-14H,9-12,15-17H2,1H3,(H,24,29). The van der Waals surface area contributed by atoms with E-state index in [9.17, 15) is 14.9 Å². The Bertz CT molecular complexity index is 1090. The van der Waals surface area contributed by atoms with E-state index >= 15 is 0 Å². The SMILES string of the molecule is CN1CCN(Cc2cccc(CNC(=O)Cn3ccc4cc([N+](=O)[O-])ccc43)c2)CC1. The molecule has 8 nitrogen and oxygen atoms in total. The molecule has 2 heterocycles.